The predicted molar refractivity (Wildman–Crippen MR) is 39.4 cm³/mol. The van der Waals surface area contributed by atoms with Gasteiger partial charge in [-0.1, -0.05) is 6.07 Å². The molecule has 0 amide bonds. The second kappa shape index (κ2) is 3.32. The molecule has 0 saturated heterocycles. The van der Waals surface area contributed by atoms with Gasteiger partial charge in [-0.25, -0.2) is 0 Å². The standard InChI is InChI=1S/C8H10NO/c1-7-4-3-5-8(9-7)6-10-2/h3-5H,1,6H2,2H3. The maximum atomic E-state index is 4.89. The van der Waals surface area contributed by atoms with Crippen LogP contribution in [-0.4, -0.2) is 12.1 Å². The number of ether oxygens (including phenoxy) is 1. The first kappa shape index (κ1) is 7.22. The molecule has 1 aromatic rings. The van der Waals surface area contributed by atoms with Gasteiger partial charge < -0.3 is 4.74 Å². The number of hydrogen-bond acceptors (Lipinski definition) is 2. The summed E-state index contributed by atoms with van der Waals surface area (Å²) in [7, 11) is 1.65. The zero-order chi connectivity index (χ0) is 7.40. The molecule has 0 aromatic carbocycles. The van der Waals surface area contributed by atoms with Crippen molar-refractivity contribution in [2.75, 3.05) is 7.11 Å². The molecule has 0 unspecified atom stereocenters. The van der Waals surface area contributed by atoms with E-state index in [1.807, 2.05) is 18.2 Å². The summed E-state index contributed by atoms with van der Waals surface area (Å²) in [4.78, 5) is 4.13. The highest BCUT2D eigenvalue weighted by Crippen LogP contribution is 1.98. The Morgan fingerprint density at radius 2 is 2.40 bits per heavy atom. The van der Waals surface area contributed by atoms with Gasteiger partial charge in [0.25, 0.3) is 0 Å². The van der Waals surface area contributed by atoms with E-state index in [9.17, 15) is 0 Å². The average molecular weight is 136 g/mol. The Morgan fingerprint density at radius 3 is 3.00 bits per heavy atom. The molecule has 0 bridgehead atoms. The number of hydrogen-bond donors (Lipinski definition) is 0. The fourth-order valence-electron chi connectivity index (χ4n) is 0.758. The molecule has 1 radical (unpaired) electrons. The lowest BCUT2D eigenvalue weighted by Gasteiger charge is -1.97. The SMILES string of the molecule is [CH2]c1cccc(COC)n1. The Kier molecular flexibility index (Phi) is 2.40. The van der Waals surface area contributed by atoms with Gasteiger partial charge in [0, 0.05) is 12.8 Å². The molecule has 53 valence electrons. The summed E-state index contributed by atoms with van der Waals surface area (Å²) in [6, 6.07) is 5.70. The molecule has 1 rings (SSSR count). The summed E-state index contributed by atoms with van der Waals surface area (Å²) in [5, 5.41) is 0. The zero-order valence-electron chi connectivity index (χ0n) is 6.00. The lowest BCUT2D eigenvalue weighted by Crippen LogP contribution is -1.92. The van der Waals surface area contributed by atoms with Gasteiger partial charge in [0.1, 0.15) is 0 Å². The van der Waals surface area contributed by atoms with Crippen LogP contribution in [0.4, 0.5) is 0 Å². The van der Waals surface area contributed by atoms with Crippen molar-refractivity contribution in [2.45, 2.75) is 6.61 Å². The number of nitrogens with zero attached hydrogens (tertiary/aromatic N) is 1. The molecule has 0 saturated carbocycles. The quantitative estimate of drug-likeness (QED) is 0.613. The van der Waals surface area contributed by atoms with Crippen LogP contribution in [0.15, 0.2) is 18.2 Å². The molecule has 1 aromatic heterocycles. The Hall–Kier alpha value is -0.890. The average Bonchev–Trinajstić information content (AvgIpc) is 1.88. The molecule has 0 aliphatic heterocycles. The summed E-state index contributed by atoms with van der Waals surface area (Å²) in [6.07, 6.45) is 0. The third kappa shape index (κ3) is 1.81. The van der Waals surface area contributed by atoms with Crippen molar-refractivity contribution in [3.63, 3.8) is 0 Å². The van der Waals surface area contributed by atoms with E-state index in [0.717, 1.165) is 11.4 Å². The second-order valence-electron chi connectivity index (χ2n) is 2.05. The van der Waals surface area contributed by atoms with Crippen molar-refractivity contribution in [1.82, 2.24) is 4.98 Å². The van der Waals surface area contributed by atoms with Crippen LogP contribution in [0.5, 0.6) is 0 Å². The maximum absolute atomic E-state index is 4.89. The van der Waals surface area contributed by atoms with Crippen LogP contribution in [0.3, 0.4) is 0 Å². The molecule has 0 atom stereocenters. The minimum atomic E-state index is 0.559. The van der Waals surface area contributed by atoms with Crippen LogP contribution in [0.1, 0.15) is 11.4 Å². The van der Waals surface area contributed by atoms with E-state index < -0.39 is 0 Å². The monoisotopic (exact) mass is 136 g/mol. The molecule has 10 heavy (non-hydrogen) atoms. The predicted octanol–water partition coefficient (Wildman–Crippen LogP) is 1.41. The highest BCUT2D eigenvalue weighted by molar-refractivity contribution is 5.12. The van der Waals surface area contributed by atoms with Crippen LogP contribution in [-0.2, 0) is 11.3 Å². The third-order valence-electron chi connectivity index (χ3n) is 1.16. The van der Waals surface area contributed by atoms with Crippen LogP contribution >= 0.6 is 0 Å². The van der Waals surface area contributed by atoms with Crippen molar-refractivity contribution in [2.24, 2.45) is 0 Å². The topological polar surface area (TPSA) is 22.1 Å². The number of rotatable bonds is 2. The minimum absolute atomic E-state index is 0.559. The van der Waals surface area contributed by atoms with Gasteiger partial charge in [0.2, 0.25) is 0 Å². The fourth-order valence-corrected chi connectivity index (χ4v) is 0.758. The molecule has 0 aliphatic rings. The van der Waals surface area contributed by atoms with Gasteiger partial charge in [-0.05, 0) is 19.1 Å². The lowest BCUT2D eigenvalue weighted by molar-refractivity contribution is 0.181. The molecular weight excluding hydrogens is 126 g/mol. The van der Waals surface area contributed by atoms with Crippen molar-refractivity contribution in [3.05, 3.63) is 36.5 Å². The molecule has 0 spiro atoms. The largest absolute Gasteiger partial charge is 0.378 e. The van der Waals surface area contributed by atoms with Gasteiger partial charge >= 0.3 is 0 Å². The number of aromatic nitrogens is 1. The van der Waals surface area contributed by atoms with Crippen LogP contribution in [0.2, 0.25) is 0 Å². The molecule has 1 heterocycles. The number of pyridine rings is 1. The summed E-state index contributed by atoms with van der Waals surface area (Å²) in [6.45, 7) is 4.26. The molecule has 0 fully saturated rings. The van der Waals surface area contributed by atoms with E-state index in [-0.39, 0.29) is 0 Å². The van der Waals surface area contributed by atoms with E-state index >= 15 is 0 Å². The van der Waals surface area contributed by atoms with Gasteiger partial charge in [-0.3, -0.25) is 4.98 Å². The molecule has 2 nitrogen and oxygen atoms in total. The van der Waals surface area contributed by atoms with E-state index in [1.165, 1.54) is 0 Å². The maximum Gasteiger partial charge on any atom is 0.0884 e. The van der Waals surface area contributed by atoms with Crippen molar-refractivity contribution < 1.29 is 4.74 Å². The summed E-state index contributed by atoms with van der Waals surface area (Å²) in [5.74, 6) is 0. The fraction of sp³-hybridized carbons (Fsp3) is 0.250. The summed E-state index contributed by atoms with van der Waals surface area (Å²) < 4.78 is 4.89. The molecule has 2 heteroatoms. The summed E-state index contributed by atoms with van der Waals surface area (Å²) >= 11 is 0. The Bertz CT molecular complexity index is 210. The van der Waals surface area contributed by atoms with Crippen molar-refractivity contribution in [1.29, 1.82) is 0 Å². The van der Waals surface area contributed by atoms with Gasteiger partial charge in [-0.2, -0.15) is 0 Å². The normalized spacial score (nSPS) is 9.80. The second-order valence-corrected chi connectivity index (χ2v) is 2.05. The highest BCUT2D eigenvalue weighted by Gasteiger charge is 1.90. The molecular formula is C8H10NO. The Balaban J connectivity index is 2.75. The van der Waals surface area contributed by atoms with Crippen LogP contribution < -0.4 is 0 Å². The van der Waals surface area contributed by atoms with Gasteiger partial charge in [0.15, 0.2) is 0 Å². The Morgan fingerprint density at radius 1 is 1.60 bits per heavy atom. The van der Waals surface area contributed by atoms with Crippen molar-refractivity contribution in [3.8, 4) is 0 Å². The summed E-state index contributed by atoms with van der Waals surface area (Å²) in [5.41, 5.74) is 1.71. The van der Waals surface area contributed by atoms with E-state index in [2.05, 4.69) is 11.9 Å². The smallest absolute Gasteiger partial charge is 0.0884 e. The third-order valence-corrected chi connectivity index (χ3v) is 1.16. The Labute approximate surface area is 60.9 Å². The first-order valence-electron chi connectivity index (χ1n) is 3.10. The van der Waals surface area contributed by atoms with Gasteiger partial charge in [-0.15, -0.1) is 0 Å². The van der Waals surface area contributed by atoms with E-state index in [4.69, 9.17) is 4.74 Å². The van der Waals surface area contributed by atoms with Gasteiger partial charge in [0.05, 0.1) is 12.3 Å². The first-order chi connectivity index (χ1) is 4.83. The van der Waals surface area contributed by atoms with Crippen LogP contribution in [0.25, 0.3) is 0 Å². The zero-order valence-corrected chi connectivity index (χ0v) is 6.00. The van der Waals surface area contributed by atoms with Crippen molar-refractivity contribution >= 4 is 0 Å². The van der Waals surface area contributed by atoms with E-state index in [0.29, 0.717) is 6.61 Å². The van der Waals surface area contributed by atoms with Crippen LogP contribution in [0, 0.1) is 6.92 Å². The van der Waals surface area contributed by atoms with E-state index in [1.54, 1.807) is 7.11 Å². The molecule has 0 N–H and O–H groups in total. The minimum Gasteiger partial charge on any atom is -0.378 e. The molecule has 0 aliphatic carbocycles. The first-order valence-corrected chi connectivity index (χ1v) is 3.10. The lowest BCUT2D eigenvalue weighted by atomic mass is 10.3. The highest BCUT2D eigenvalue weighted by atomic mass is 16.5. The number of methoxy groups -OCH3 is 1.